The van der Waals surface area contributed by atoms with Crippen molar-refractivity contribution >= 4 is 38.7 Å². The molecule has 0 atom stereocenters. The van der Waals surface area contributed by atoms with Crippen molar-refractivity contribution in [1.82, 2.24) is 19.5 Å². The molecule has 1 spiro atoms. The fourth-order valence-corrected chi connectivity index (χ4v) is 11.3. The molecule has 0 aliphatic carbocycles. The summed E-state index contributed by atoms with van der Waals surface area (Å²) in [6, 6.07) is 87.1. The molecule has 2 aliphatic heterocycles. The van der Waals surface area contributed by atoms with Crippen LogP contribution in [0, 0.1) is 0 Å². The highest BCUT2D eigenvalue weighted by molar-refractivity contribution is 6.09. The Kier molecular flexibility index (Phi) is 9.16. The molecule has 4 heterocycles. The van der Waals surface area contributed by atoms with Crippen LogP contribution in [0.4, 0.5) is 17.1 Å². The van der Waals surface area contributed by atoms with Gasteiger partial charge in [-0.15, -0.1) is 0 Å². The predicted octanol–water partition coefficient (Wildman–Crippen LogP) is 15.1. The van der Waals surface area contributed by atoms with Gasteiger partial charge in [0.15, 0.2) is 17.5 Å². The first-order valence-corrected chi connectivity index (χ1v) is 24.0. The Hall–Kier alpha value is -9.52. The van der Waals surface area contributed by atoms with Crippen LogP contribution in [0.3, 0.4) is 0 Å². The lowest BCUT2D eigenvalue weighted by atomic mass is 9.60. The molecule has 0 N–H and O–H groups in total. The highest BCUT2D eigenvalue weighted by atomic mass is 16.1. The monoisotopic (exact) mass is 907 g/mol. The first-order chi connectivity index (χ1) is 35.1. The van der Waals surface area contributed by atoms with E-state index in [1.165, 1.54) is 0 Å². The summed E-state index contributed by atoms with van der Waals surface area (Å²) in [5, 5.41) is 2.67. The van der Waals surface area contributed by atoms with Gasteiger partial charge in [-0.2, -0.15) is 0 Å². The van der Waals surface area contributed by atoms with E-state index in [1.807, 2.05) is 83.4 Å². The fraction of sp³-hybridized carbons (Fsp3) is 0.0154. The Balaban J connectivity index is 1.09. The summed E-state index contributed by atoms with van der Waals surface area (Å²) in [6.45, 7) is 0. The van der Waals surface area contributed by atoms with Gasteiger partial charge in [-0.05, 0) is 98.4 Å². The van der Waals surface area contributed by atoms with E-state index in [0.717, 1.165) is 100 Å². The minimum Gasteiger partial charge on any atom is -0.310 e. The van der Waals surface area contributed by atoms with Crippen LogP contribution >= 0.6 is 0 Å². The quantitative estimate of drug-likeness (QED) is 0.156. The second kappa shape index (κ2) is 16.0. The van der Waals surface area contributed by atoms with Gasteiger partial charge in [0.1, 0.15) is 0 Å². The van der Waals surface area contributed by atoms with Crippen molar-refractivity contribution in [2.24, 2.45) is 0 Å². The van der Waals surface area contributed by atoms with E-state index in [-0.39, 0.29) is 5.56 Å². The number of aromatic nitrogens is 4. The maximum absolute atomic E-state index is 15.1. The van der Waals surface area contributed by atoms with Crippen LogP contribution in [0.25, 0.3) is 83.8 Å². The Bertz CT molecular complexity index is 3990. The summed E-state index contributed by atoms with van der Waals surface area (Å²) < 4.78 is 1.98. The standard InChI is InChI=1S/C65H41N5O/c71-64-52-30-14-13-29-50(52)51-31-18-33-54-60(51)70(64)57-34-16-15-32-53(57)65(54)55-40-46(42-19-5-1-6-20-42)35-37-58(55)69(59-38-36-47(41-56(59)65)43-21-7-2-8-22-43)49-28-17-27-48(39-49)63-67-61(44-23-9-3-10-24-44)66-62(68-63)45-25-11-4-12-26-45/h1-41H. The van der Waals surface area contributed by atoms with Crippen molar-refractivity contribution < 1.29 is 0 Å². The van der Waals surface area contributed by atoms with E-state index in [9.17, 15) is 0 Å². The number of benzene rings is 10. The number of anilines is 3. The van der Waals surface area contributed by atoms with Crippen LogP contribution in [0.5, 0.6) is 0 Å². The third-order valence-electron chi connectivity index (χ3n) is 14.4. The van der Waals surface area contributed by atoms with Crippen molar-refractivity contribution in [3.05, 3.63) is 281 Å². The fourth-order valence-electron chi connectivity index (χ4n) is 11.3. The topological polar surface area (TPSA) is 63.9 Å². The van der Waals surface area contributed by atoms with E-state index in [0.29, 0.717) is 22.9 Å². The number of fused-ring (bicyclic) bond motifs is 10. The molecule has 71 heavy (non-hydrogen) atoms. The van der Waals surface area contributed by atoms with Crippen LogP contribution in [-0.2, 0) is 5.41 Å². The summed E-state index contributed by atoms with van der Waals surface area (Å²) in [6.07, 6.45) is 0. The van der Waals surface area contributed by atoms with Crippen LogP contribution in [0.1, 0.15) is 22.3 Å². The Morgan fingerprint density at radius 1 is 0.310 bits per heavy atom. The molecule has 0 saturated heterocycles. The highest BCUT2D eigenvalue weighted by Crippen LogP contribution is 2.62. The van der Waals surface area contributed by atoms with Gasteiger partial charge in [0.2, 0.25) is 0 Å². The van der Waals surface area contributed by atoms with E-state index < -0.39 is 5.41 Å². The second-order valence-electron chi connectivity index (χ2n) is 18.3. The molecule has 0 saturated carbocycles. The minimum atomic E-state index is -0.900. The van der Waals surface area contributed by atoms with Gasteiger partial charge >= 0.3 is 0 Å². The van der Waals surface area contributed by atoms with Crippen LogP contribution in [-0.4, -0.2) is 19.5 Å². The van der Waals surface area contributed by atoms with E-state index in [1.54, 1.807) is 0 Å². The zero-order valence-corrected chi connectivity index (χ0v) is 38.3. The molecule has 0 radical (unpaired) electrons. The minimum absolute atomic E-state index is 0.0298. The van der Waals surface area contributed by atoms with Gasteiger partial charge in [-0.3, -0.25) is 9.36 Å². The van der Waals surface area contributed by atoms with Gasteiger partial charge in [0, 0.05) is 33.2 Å². The third-order valence-corrected chi connectivity index (χ3v) is 14.4. The number of hydrogen-bond acceptors (Lipinski definition) is 5. The molecule has 0 amide bonds. The van der Waals surface area contributed by atoms with Gasteiger partial charge in [0.05, 0.1) is 28.0 Å². The first-order valence-electron chi connectivity index (χ1n) is 24.0. The molecule has 2 aliphatic rings. The molecule has 12 aromatic rings. The summed E-state index contributed by atoms with van der Waals surface area (Å²) in [5.41, 5.74) is 15.3. The number of nitrogens with zero attached hydrogens (tertiary/aromatic N) is 5. The van der Waals surface area contributed by atoms with Gasteiger partial charge in [-0.25, -0.2) is 15.0 Å². The van der Waals surface area contributed by atoms with Crippen molar-refractivity contribution in [3.8, 4) is 62.1 Å². The summed E-state index contributed by atoms with van der Waals surface area (Å²) in [5.74, 6) is 1.79. The smallest absolute Gasteiger partial charge is 0.263 e. The lowest BCUT2D eigenvalue weighted by Crippen LogP contribution is -2.42. The SMILES string of the molecule is O=c1c2ccccc2c2cccc3c2n1-c1ccccc1C31c2cc(-c3ccccc3)ccc2N(c2cccc(-c3nc(-c4ccccc4)nc(-c4ccccc4)n3)c2)c2ccc(-c3ccccc3)cc21. The summed E-state index contributed by atoms with van der Waals surface area (Å²) in [4.78, 5) is 32.8. The normalized spacial score (nSPS) is 12.9. The number of rotatable bonds is 6. The molecule has 14 rings (SSSR count). The molecule has 0 bridgehead atoms. The van der Waals surface area contributed by atoms with E-state index in [4.69, 9.17) is 15.0 Å². The zero-order chi connectivity index (χ0) is 47.0. The van der Waals surface area contributed by atoms with Gasteiger partial charge in [0.25, 0.3) is 5.56 Å². The van der Waals surface area contributed by atoms with Crippen molar-refractivity contribution in [2.45, 2.75) is 5.41 Å². The molecule has 6 heteroatoms. The lowest BCUT2D eigenvalue weighted by Gasteiger charge is -2.49. The highest BCUT2D eigenvalue weighted by Gasteiger charge is 2.51. The predicted molar refractivity (Wildman–Crippen MR) is 288 cm³/mol. The maximum atomic E-state index is 15.1. The summed E-state index contributed by atoms with van der Waals surface area (Å²) in [7, 11) is 0. The summed E-state index contributed by atoms with van der Waals surface area (Å²) >= 11 is 0. The number of pyridine rings is 1. The Morgan fingerprint density at radius 3 is 1.35 bits per heavy atom. The van der Waals surface area contributed by atoms with Crippen LogP contribution in [0.2, 0.25) is 0 Å². The zero-order valence-electron chi connectivity index (χ0n) is 38.3. The molecule has 2 aromatic heterocycles. The van der Waals surface area contributed by atoms with E-state index >= 15 is 4.79 Å². The second-order valence-corrected chi connectivity index (χ2v) is 18.3. The van der Waals surface area contributed by atoms with Crippen molar-refractivity contribution in [2.75, 3.05) is 4.90 Å². The van der Waals surface area contributed by atoms with Crippen molar-refractivity contribution in [1.29, 1.82) is 0 Å². The molecular formula is C65H41N5O. The molecule has 0 unspecified atom stereocenters. The van der Waals surface area contributed by atoms with Gasteiger partial charge in [-0.1, -0.05) is 200 Å². The largest absolute Gasteiger partial charge is 0.310 e. The molecular weight excluding hydrogens is 867 g/mol. The molecule has 0 fully saturated rings. The van der Waals surface area contributed by atoms with Crippen LogP contribution in [0.15, 0.2) is 254 Å². The van der Waals surface area contributed by atoms with Crippen molar-refractivity contribution in [3.63, 3.8) is 0 Å². The Labute approximate surface area is 410 Å². The lowest BCUT2D eigenvalue weighted by molar-refractivity contribution is 0.709. The maximum Gasteiger partial charge on any atom is 0.263 e. The first kappa shape index (κ1) is 40.5. The molecule has 6 nitrogen and oxygen atoms in total. The average Bonchev–Trinajstić information content (AvgIpc) is 3.45. The van der Waals surface area contributed by atoms with E-state index in [2.05, 4.69) is 175 Å². The Morgan fingerprint density at radius 2 is 0.761 bits per heavy atom. The average molecular weight is 908 g/mol. The van der Waals surface area contributed by atoms with Crippen LogP contribution < -0.4 is 10.5 Å². The molecule has 332 valence electrons. The number of para-hydroxylation sites is 2. The third kappa shape index (κ3) is 6.21. The number of hydrogen-bond donors (Lipinski definition) is 0. The van der Waals surface area contributed by atoms with Gasteiger partial charge < -0.3 is 4.90 Å². The molecule has 10 aromatic carbocycles.